The molecule has 0 radical (unpaired) electrons. The number of carbonyl (C=O) groups is 2. The van der Waals surface area contributed by atoms with Gasteiger partial charge in [0, 0.05) is 43.3 Å². The van der Waals surface area contributed by atoms with Crippen molar-refractivity contribution in [3.8, 4) is 0 Å². The van der Waals surface area contributed by atoms with Gasteiger partial charge < -0.3 is 15.3 Å². The van der Waals surface area contributed by atoms with Crippen molar-refractivity contribution in [2.24, 2.45) is 5.92 Å². The molecule has 0 aliphatic carbocycles. The smallest absolute Gasteiger partial charge is 0.407 e. The van der Waals surface area contributed by atoms with E-state index in [-0.39, 0.29) is 17.5 Å². The summed E-state index contributed by atoms with van der Waals surface area (Å²) in [5, 5.41) is 12.1. The molecule has 1 aromatic rings. The molecular formula is C20H31N3O3. The van der Waals surface area contributed by atoms with Gasteiger partial charge >= 0.3 is 6.09 Å². The van der Waals surface area contributed by atoms with Crippen LogP contribution >= 0.6 is 0 Å². The summed E-state index contributed by atoms with van der Waals surface area (Å²) in [7, 11) is 0. The molecule has 6 heteroatoms. The van der Waals surface area contributed by atoms with Crippen LogP contribution in [0.4, 0.5) is 4.79 Å². The Kier molecular flexibility index (Phi) is 6.29. The van der Waals surface area contributed by atoms with Gasteiger partial charge in [-0.25, -0.2) is 4.79 Å². The van der Waals surface area contributed by atoms with Crippen LogP contribution in [0.1, 0.15) is 56.6 Å². The van der Waals surface area contributed by atoms with E-state index in [1.54, 1.807) is 0 Å². The third kappa shape index (κ3) is 5.21. The van der Waals surface area contributed by atoms with Gasteiger partial charge in [-0.2, -0.15) is 0 Å². The summed E-state index contributed by atoms with van der Waals surface area (Å²) in [6.07, 6.45) is -0.855. The van der Waals surface area contributed by atoms with Crippen molar-refractivity contribution in [1.29, 1.82) is 0 Å². The molecule has 2 rings (SSSR count). The van der Waals surface area contributed by atoms with Gasteiger partial charge in [-0.1, -0.05) is 26.0 Å². The van der Waals surface area contributed by atoms with E-state index in [2.05, 4.69) is 30.1 Å². The topological polar surface area (TPSA) is 72.9 Å². The SMILES string of the molecule is CC(C)C(c1cccc(C(=O)NC(C)(C)C)c1)N1CCN(C(=O)O)CC1. The maximum Gasteiger partial charge on any atom is 0.407 e. The Bertz CT molecular complexity index is 644. The molecule has 0 aromatic heterocycles. The fourth-order valence-corrected chi connectivity index (χ4v) is 3.49. The molecule has 0 bridgehead atoms. The maximum atomic E-state index is 12.5. The van der Waals surface area contributed by atoms with Crippen LogP contribution in [0.2, 0.25) is 0 Å². The lowest BCUT2D eigenvalue weighted by molar-refractivity contribution is 0.0708. The molecule has 1 aliphatic heterocycles. The highest BCUT2D eigenvalue weighted by Crippen LogP contribution is 2.30. The number of hydrogen-bond acceptors (Lipinski definition) is 3. The Labute approximate surface area is 156 Å². The first-order valence-electron chi connectivity index (χ1n) is 9.23. The summed E-state index contributed by atoms with van der Waals surface area (Å²) < 4.78 is 0. The van der Waals surface area contributed by atoms with E-state index in [1.165, 1.54) is 4.90 Å². The molecular weight excluding hydrogens is 330 g/mol. The summed E-state index contributed by atoms with van der Waals surface area (Å²) in [6.45, 7) is 12.7. The summed E-state index contributed by atoms with van der Waals surface area (Å²) in [6, 6.07) is 7.95. The highest BCUT2D eigenvalue weighted by atomic mass is 16.4. The van der Waals surface area contributed by atoms with Crippen molar-refractivity contribution < 1.29 is 14.7 Å². The predicted octanol–water partition coefficient (Wildman–Crippen LogP) is 3.21. The van der Waals surface area contributed by atoms with E-state index in [4.69, 9.17) is 5.11 Å². The Balaban J connectivity index is 2.19. The number of piperazine rings is 1. The maximum absolute atomic E-state index is 12.5. The van der Waals surface area contributed by atoms with Crippen molar-refractivity contribution in [2.45, 2.75) is 46.2 Å². The molecule has 1 unspecified atom stereocenters. The predicted molar refractivity (Wildman–Crippen MR) is 102 cm³/mol. The standard InChI is InChI=1S/C20H31N3O3/c1-14(2)17(22-9-11-23(12-10-22)19(25)26)15-7-6-8-16(13-15)18(24)21-20(3,4)5/h6-8,13-14,17H,9-12H2,1-5H3,(H,21,24)(H,25,26). The zero-order valence-electron chi connectivity index (χ0n) is 16.5. The molecule has 6 nitrogen and oxygen atoms in total. The fourth-order valence-electron chi connectivity index (χ4n) is 3.49. The molecule has 1 aliphatic rings. The van der Waals surface area contributed by atoms with E-state index < -0.39 is 6.09 Å². The molecule has 2 N–H and O–H groups in total. The number of nitrogens with one attached hydrogen (secondary N) is 1. The molecule has 0 spiro atoms. The van der Waals surface area contributed by atoms with Gasteiger partial charge in [0.1, 0.15) is 0 Å². The molecule has 1 saturated heterocycles. The molecule has 26 heavy (non-hydrogen) atoms. The van der Waals surface area contributed by atoms with Crippen LogP contribution in [0, 0.1) is 5.92 Å². The van der Waals surface area contributed by atoms with E-state index in [9.17, 15) is 9.59 Å². The number of amides is 2. The molecule has 1 fully saturated rings. The molecule has 1 heterocycles. The van der Waals surface area contributed by atoms with Crippen LogP contribution in [0.15, 0.2) is 24.3 Å². The second kappa shape index (κ2) is 8.08. The lowest BCUT2D eigenvalue weighted by Gasteiger charge is -2.40. The van der Waals surface area contributed by atoms with Gasteiger partial charge in [-0.15, -0.1) is 0 Å². The van der Waals surface area contributed by atoms with Gasteiger partial charge in [0.15, 0.2) is 0 Å². The van der Waals surface area contributed by atoms with Crippen LogP contribution in [0.3, 0.4) is 0 Å². The van der Waals surface area contributed by atoms with Crippen molar-refractivity contribution >= 4 is 12.0 Å². The zero-order chi connectivity index (χ0) is 19.5. The number of hydrogen-bond donors (Lipinski definition) is 2. The fraction of sp³-hybridized carbons (Fsp3) is 0.600. The van der Waals surface area contributed by atoms with Crippen molar-refractivity contribution in [3.63, 3.8) is 0 Å². The minimum Gasteiger partial charge on any atom is -0.465 e. The van der Waals surface area contributed by atoms with Gasteiger partial charge in [0.25, 0.3) is 5.91 Å². The minimum atomic E-state index is -0.855. The first-order chi connectivity index (χ1) is 12.1. The van der Waals surface area contributed by atoms with E-state index in [0.717, 1.165) is 5.56 Å². The average Bonchev–Trinajstić information content (AvgIpc) is 2.54. The Morgan fingerprint density at radius 2 is 1.73 bits per heavy atom. The van der Waals surface area contributed by atoms with Crippen molar-refractivity contribution in [2.75, 3.05) is 26.2 Å². The largest absolute Gasteiger partial charge is 0.465 e. The molecule has 0 saturated carbocycles. The lowest BCUT2D eigenvalue weighted by Crippen LogP contribution is -2.50. The summed E-state index contributed by atoms with van der Waals surface area (Å²) in [5.41, 5.74) is 1.48. The van der Waals surface area contributed by atoms with Gasteiger partial charge in [0.05, 0.1) is 0 Å². The van der Waals surface area contributed by atoms with Gasteiger partial charge in [0.2, 0.25) is 0 Å². The normalized spacial score (nSPS) is 17.2. The van der Waals surface area contributed by atoms with Crippen molar-refractivity contribution in [3.05, 3.63) is 35.4 Å². The Morgan fingerprint density at radius 3 is 2.23 bits per heavy atom. The van der Waals surface area contributed by atoms with E-state index in [0.29, 0.717) is 37.7 Å². The number of benzene rings is 1. The Morgan fingerprint density at radius 1 is 1.12 bits per heavy atom. The van der Waals surface area contributed by atoms with Crippen LogP contribution < -0.4 is 5.32 Å². The van der Waals surface area contributed by atoms with Crippen LogP contribution in [0.25, 0.3) is 0 Å². The second-order valence-corrected chi connectivity index (χ2v) is 8.32. The third-order valence-corrected chi connectivity index (χ3v) is 4.59. The summed E-state index contributed by atoms with van der Waals surface area (Å²) in [5.74, 6) is 0.282. The quantitative estimate of drug-likeness (QED) is 0.864. The van der Waals surface area contributed by atoms with Crippen LogP contribution in [0.5, 0.6) is 0 Å². The highest BCUT2D eigenvalue weighted by Gasteiger charge is 2.29. The first kappa shape index (κ1) is 20.2. The number of nitrogens with zero attached hydrogens (tertiary/aromatic N) is 2. The van der Waals surface area contributed by atoms with Crippen molar-refractivity contribution in [1.82, 2.24) is 15.1 Å². The third-order valence-electron chi connectivity index (χ3n) is 4.59. The summed E-state index contributed by atoms with van der Waals surface area (Å²) >= 11 is 0. The molecule has 1 aromatic carbocycles. The molecule has 2 amide bonds. The number of carbonyl (C=O) groups excluding carboxylic acids is 1. The first-order valence-corrected chi connectivity index (χ1v) is 9.23. The second-order valence-electron chi connectivity index (χ2n) is 8.32. The minimum absolute atomic E-state index is 0.0717. The molecule has 144 valence electrons. The van der Waals surface area contributed by atoms with Gasteiger partial charge in [-0.3, -0.25) is 9.69 Å². The average molecular weight is 361 g/mol. The highest BCUT2D eigenvalue weighted by molar-refractivity contribution is 5.94. The van der Waals surface area contributed by atoms with Gasteiger partial charge in [-0.05, 0) is 44.4 Å². The van der Waals surface area contributed by atoms with Crippen LogP contribution in [-0.2, 0) is 0 Å². The monoisotopic (exact) mass is 361 g/mol. The van der Waals surface area contributed by atoms with E-state index in [1.807, 2.05) is 39.0 Å². The molecule has 1 atom stereocenters. The number of rotatable bonds is 4. The number of carboxylic acid groups (broad SMARTS) is 1. The Hall–Kier alpha value is -2.08. The zero-order valence-corrected chi connectivity index (χ0v) is 16.5. The van der Waals surface area contributed by atoms with Crippen LogP contribution in [-0.4, -0.2) is 58.6 Å². The lowest BCUT2D eigenvalue weighted by atomic mass is 9.92. The summed E-state index contributed by atoms with van der Waals surface area (Å²) in [4.78, 5) is 27.4. The van der Waals surface area contributed by atoms with E-state index >= 15 is 0 Å².